The molecule has 33 heavy (non-hydrogen) atoms. The Bertz CT molecular complexity index is 1130. The van der Waals surface area contributed by atoms with E-state index in [0.29, 0.717) is 18.0 Å². The van der Waals surface area contributed by atoms with E-state index in [0.717, 1.165) is 47.7 Å². The zero-order valence-corrected chi connectivity index (χ0v) is 20.6. The van der Waals surface area contributed by atoms with Crippen molar-refractivity contribution in [3.05, 3.63) is 53.1 Å². The smallest absolute Gasteiger partial charge is 0.300 e. The first kappa shape index (κ1) is 23.2. The van der Waals surface area contributed by atoms with Crippen LogP contribution in [-0.2, 0) is 6.42 Å². The van der Waals surface area contributed by atoms with Crippen LogP contribution in [0.3, 0.4) is 0 Å². The van der Waals surface area contributed by atoms with Crippen molar-refractivity contribution in [1.29, 1.82) is 0 Å². The monoisotopic (exact) mass is 466 g/mol. The zero-order chi connectivity index (χ0) is 23.6. The summed E-state index contributed by atoms with van der Waals surface area (Å²) in [6.45, 7) is 7.67. The number of ether oxygens (including phenoxy) is 2. The van der Waals surface area contributed by atoms with Gasteiger partial charge in [-0.05, 0) is 75.1 Å². The number of carbonyl (C=O) groups is 1. The molecule has 0 aromatic heterocycles. The summed E-state index contributed by atoms with van der Waals surface area (Å²) in [5.74, 6) is 2.30. The van der Waals surface area contributed by atoms with Gasteiger partial charge in [-0.1, -0.05) is 17.8 Å². The van der Waals surface area contributed by atoms with E-state index in [1.165, 1.54) is 17.3 Å². The van der Waals surface area contributed by atoms with Crippen LogP contribution in [-0.4, -0.2) is 48.8 Å². The van der Waals surface area contributed by atoms with E-state index in [2.05, 4.69) is 33.6 Å². The molecule has 0 saturated heterocycles. The highest BCUT2D eigenvalue weighted by atomic mass is 32.2. The third-order valence-electron chi connectivity index (χ3n) is 5.85. The Labute approximate surface area is 199 Å². The molecule has 0 atom stereocenters. The number of fused-ring (bicyclic) bond motifs is 1. The molecule has 7 nitrogen and oxygen atoms in total. The minimum atomic E-state index is -0.389. The number of anilines is 1. The minimum absolute atomic E-state index is 0.122. The van der Waals surface area contributed by atoms with Gasteiger partial charge in [0.1, 0.15) is 5.84 Å². The number of aryl methyl sites for hydroxylation is 1. The van der Waals surface area contributed by atoms with Crippen molar-refractivity contribution >= 4 is 34.2 Å². The molecule has 0 unspecified atom stereocenters. The number of amidine groups is 1. The van der Waals surface area contributed by atoms with Crippen molar-refractivity contribution in [3.8, 4) is 11.5 Å². The average Bonchev–Trinajstić information content (AvgIpc) is 2.81. The van der Waals surface area contributed by atoms with Crippen molar-refractivity contribution in [2.75, 3.05) is 32.2 Å². The molecule has 0 saturated carbocycles. The van der Waals surface area contributed by atoms with E-state index in [-0.39, 0.29) is 9.99 Å². The molecule has 0 bridgehead atoms. The van der Waals surface area contributed by atoms with Gasteiger partial charge in [-0.2, -0.15) is 5.10 Å². The summed E-state index contributed by atoms with van der Waals surface area (Å²) in [6, 6.07) is 12.4. The maximum Gasteiger partial charge on any atom is 0.300 e. The SMILES string of the molecule is CCN=C(c1ccc(OC)c(OC)c1)N1CCCc2cc(C3=NNC(=O)SC3(C)C)ccc21. The number of thioether (sulfide) groups is 1. The molecule has 1 N–H and O–H groups in total. The highest BCUT2D eigenvalue weighted by Gasteiger charge is 2.34. The number of rotatable bonds is 5. The molecule has 2 aliphatic rings. The largest absolute Gasteiger partial charge is 0.493 e. The number of amides is 1. The molecule has 0 spiro atoms. The molecule has 0 radical (unpaired) electrons. The first-order chi connectivity index (χ1) is 15.9. The Kier molecular flexibility index (Phi) is 6.65. The quantitative estimate of drug-likeness (QED) is 0.503. The molecule has 2 aromatic carbocycles. The molecular formula is C25H30N4O3S. The fraction of sp³-hybridized carbons (Fsp3) is 0.400. The van der Waals surface area contributed by atoms with Crippen LogP contribution in [0.5, 0.6) is 11.5 Å². The fourth-order valence-corrected chi connectivity index (χ4v) is 5.19. The van der Waals surface area contributed by atoms with E-state index in [4.69, 9.17) is 14.5 Å². The van der Waals surface area contributed by atoms with Crippen LogP contribution in [0, 0.1) is 0 Å². The number of benzene rings is 2. The Balaban J connectivity index is 1.73. The number of hydrazone groups is 1. The van der Waals surface area contributed by atoms with Crippen molar-refractivity contribution in [1.82, 2.24) is 5.43 Å². The molecule has 2 aromatic rings. The lowest BCUT2D eigenvalue weighted by atomic mass is 9.93. The maximum absolute atomic E-state index is 11.8. The van der Waals surface area contributed by atoms with Crippen molar-refractivity contribution in [3.63, 3.8) is 0 Å². The second kappa shape index (κ2) is 9.47. The zero-order valence-electron chi connectivity index (χ0n) is 19.8. The van der Waals surface area contributed by atoms with Crippen LogP contribution in [0.25, 0.3) is 0 Å². The number of methoxy groups -OCH3 is 2. The normalized spacial score (nSPS) is 17.7. The van der Waals surface area contributed by atoms with Gasteiger partial charge in [0.15, 0.2) is 11.5 Å². The van der Waals surface area contributed by atoms with Crippen LogP contribution >= 0.6 is 11.8 Å². The molecule has 4 rings (SSSR count). The number of carbonyl (C=O) groups excluding carboxylic acids is 1. The molecule has 0 fully saturated rings. The Morgan fingerprint density at radius 1 is 1.18 bits per heavy atom. The fourth-order valence-electron chi connectivity index (χ4n) is 4.37. The Hall–Kier alpha value is -3.00. The van der Waals surface area contributed by atoms with Crippen LogP contribution in [0.2, 0.25) is 0 Å². The van der Waals surface area contributed by atoms with Crippen LogP contribution < -0.4 is 19.8 Å². The van der Waals surface area contributed by atoms with E-state index in [1.54, 1.807) is 14.2 Å². The van der Waals surface area contributed by atoms with Gasteiger partial charge in [0.05, 0.1) is 24.7 Å². The summed E-state index contributed by atoms with van der Waals surface area (Å²) < 4.78 is 10.5. The first-order valence-electron chi connectivity index (χ1n) is 11.1. The van der Waals surface area contributed by atoms with Crippen LogP contribution in [0.15, 0.2) is 46.5 Å². The second-order valence-electron chi connectivity index (χ2n) is 8.44. The van der Waals surface area contributed by atoms with Gasteiger partial charge < -0.3 is 14.4 Å². The van der Waals surface area contributed by atoms with E-state index in [9.17, 15) is 4.79 Å². The standard InChI is InChI=1S/C25H30N4O3S/c1-6-26-23(18-10-12-20(31-4)21(15-18)32-5)29-13-7-8-16-14-17(9-11-19(16)29)22-25(2,3)33-24(30)28-27-22/h9-12,14-15H,6-8,13H2,1-5H3,(H,28,30). The molecule has 1 amide bonds. The lowest BCUT2D eigenvalue weighted by Crippen LogP contribution is -2.39. The minimum Gasteiger partial charge on any atom is -0.493 e. The predicted molar refractivity (Wildman–Crippen MR) is 135 cm³/mol. The highest BCUT2D eigenvalue weighted by molar-refractivity contribution is 8.15. The summed E-state index contributed by atoms with van der Waals surface area (Å²) >= 11 is 1.27. The summed E-state index contributed by atoms with van der Waals surface area (Å²) in [5, 5.41) is 4.26. The Morgan fingerprint density at radius 2 is 1.97 bits per heavy atom. The van der Waals surface area contributed by atoms with Crippen LogP contribution in [0.1, 0.15) is 43.9 Å². The maximum atomic E-state index is 11.8. The van der Waals surface area contributed by atoms with Crippen molar-refractivity contribution in [2.45, 2.75) is 38.4 Å². The van der Waals surface area contributed by atoms with E-state index >= 15 is 0 Å². The van der Waals surface area contributed by atoms with Gasteiger partial charge in [-0.25, -0.2) is 5.43 Å². The van der Waals surface area contributed by atoms with Gasteiger partial charge in [-0.3, -0.25) is 9.79 Å². The van der Waals surface area contributed by atoms with Crippen LogP contribution in [0.4, 0.5) is 10.5 Å². The molecular weight excluding hydrogens is 436 g/mol. The third-order valence-corrected chi connectivity index (χ3v) is 6.83. The molecule has 0 aliphatic carbocycles. The number of nitrogens with zero attached hydrogens (tertiary/aromatic N) is 3. The Morgan fingerprint density at radius 3 is 2.67 bits per heavy atom. The summed E-state index contributed by atoms with van der Waals surface area (Å²) in [7, 11) is 3.28. The van der Waals surface area contributed by atoms with Gasteiger partial charge in [0.2, 0.25) is 0 Å². The number of nitrogens with one attached hydrogen (secondary N) is 1. The van der Waals surface area contributed by atoms with Crippen molar-refractivity contribution in [2.24, 2.45) is 10.1 Å². The second-order valence-corrected chi connectivity index (χ2v) is 10.0. The average molecular weight is 467 g/mol. The molecule has 2 aliphatic heterocycles. The molecule has 2 heterocycles. The number of aliphatic imine (C=N–C) groups is 1. The van der Waals surface area contributed by atoms with Gasteiger partial charge >= 0.3 is 0 Å². The van der Waals surface area contributed by atoms with Crippen molar-refractivity contribution < 1.29 is 14.3 Å². The van der Waals surface area contributed by atoms with Gasteiger partial charge in [0.25, 0.3) is 5.24 Å². The number of hydrogen-bond donors (Lipinski definition) is 1. The summed E-state index contributed by atoms with van der Waals surface area (Å²) in [6.07, 6.45) is 2.01. The lowest BCUT2D eigenvalue weighted by molar-refractivity contribution is 0.260. The summed E-state index contributed by atoms with van der Waals surface area (Å²) in [4.78, 5) is 18.9. The highest BCUT2D eigenvalue weighted by Crippen LogP contribution is 2.36. The van der Waals surface area contributed by atoms with E-state index in [1.807, 2.05) is 39.0 Å². The van der Waals surface area contributed by atoms with Gasteiger partial charge in [0, 0.05) is 24.3 Å². The predicted octanol–water partition coefficient (Wildman–Crippen LogP) is 4.86. The lowest BCUT2D eigenvalue weighted by Gasteiger charge is -2.34. The summed E-state index contributed by atoms with van der Waals surface area (Å²) in [5.41, 5.74) is 7.92. The third kappa shape index (κ3) is 4.57. The topological polar surface area (TPSA) is 75.5 Å². The molecule has 174 valence electrons. The van der Waals surface area contributed by atoms with Gasteiger partial charge in [-0.15, -0.1) is 0 Å². The van der Waals surface area contributed by atoms with E-state index < -0.39 is 0 Å². The number of hydrogen-bond acceptors (Lipinski definition) is 6. The first-order valence-corrected chi connectivity index (χ1v) is 11.9. The molecule has 8 heteroatoms.